The maximum atomic E-state index is 5.95. The van der Waals surface area contributed by atoms with Crippen LogP contribution in [0.4, 0.5) is 0 Å². The monoisotopic (exact) mass is 360 g/mol. The molecule has 2 aliphatic heterocycles. The molecule has 8 heteroatoms. The van der Waals surface area contributed by atoms with Crippen LogP contribution in [0.15, 0.2) is 22.5 Å². The smallest absolute Gasteiger partial charge is 0.192 e. The Morgan fingerprint density at radius 3 is 3.00 bits per heavy atom. The number of aromatic nitrogens is 3. The van der Waals surface area contributed by atoms with Crippen molar-refractivity contribution in [3.05, 3.63) is 34.0 Å². The van der Waals surface area contributed by atoms with E-state index in [1.54, 1.807) is 11.3 Å². The number of nitrogens with one attached hydrogen (secondary N) is 2. The molecule has 2 N–H and O–H groups in total. The number of hydrogen-bond donors (Lipinski definition) is 2. The van der Waals surface area contributed by atoms with E-state index in [9.17, 15) is 0 Å². The van der Waals surface area contributed by atoms with Gasteiger partial charge in [-0.2, -0.15) is 0 Å². The van der Waals surface area contributed by atoms with Gasteiger partial charge in [0.2, 0.25) is 0 Å². The van der Waals surface area contributed by atoms with Crippen LogP contribution in [-0.4, -0.2) is 39.0 Å². The maximum absolute atomic E-state index is 5.95. The van der Waals surface area contributed by atoms with Crippen LogP contribution in [0, 0.1) is 6.92 Å². The molecular weight excluding hydrogens is 336 g/mol. The van der Waals surface area contributed by atoms with Gasteiger partial charge >= 0.3 is 0 Å². The molecule has 4 heterocycles. The van der Waals surface area contributed by atoms with Crippen molar-refractivity contribution in [2.45, 2.75) is 57.5 Å². The fourth-order valence-corrected chi connectivity index (χ4v) is 4.08. The molecule has 4 rings (SSSR count). The minimum atomic E-state index is 0.316. The van der Waals surface area contributed by atoms with E-state index in [1.165, 1.54) is 11.3 Å². The third-order valence-corrected chi connectivity index (χ3v) is 5.88. The minimum Gasteiger partial charge on any atom is -0.373 e. The molecule has 25 heavy (non-hydrogen) atoms. The van der Waals surface area contributed by atoms with E-state index in [0.29, 0.717) is 24.8 Å². The third-order valence-electron chi connectivity index (χ3n) is 5.00. The lowest BCUT2D eigenvalue weighted by Crippen LogP contribution is -2.47. The molecule has 2 fully saturated rings. The first-order valence-electron chi connectivity index (χ1n) is 8.76. The standard InChI is InChI=1S/C17H24N6OS/c1-11-21-22-16(23(11)2)10-19-17(18-9-13-4-3-7-25-13)20-14-8-12-5-6-15(14)24-12/h3-4,7,12,14-15H,5-6,8-10H2,1-2H3,(H2,18,19,20). The van der Waals surface area contributed by atoms with Crippen molar-refractivity contribution in [1.29, 1.82) is 0 Å². The van der Waals surface area contributed by atoms with Gasteiger partial charge in [0.25, 0.3) is 0 Å². The molecule has 0 radical (unpaired) electrons. The summed E-state index contributed by atoms with van der Waals surface area (Å²) in [5, 5.41) is 17.4. The number of aryl methyl sites for hydroxylation is 1. The van der Waals surface area contributed by atoms with Gasteiger partial charge in [-0.05, 0) is 37.6 Å². The zero-order valence-electron chi connectivity index (χ0n) is 14.6. The summed E-state index contributed by atoms with van der Waals surface area (Å²) in [6, 6.07) is 4.54. The minimum absolute atomic E-state index is 0.316. The van der Waals surface area contributed by atoms with Gasteiger partial charge in [0.05, 0.1) is 24.8 Å². The molecule has 2 aromatic rings. The average Bonchev–Trinajstić information content (AvgIpc) is 3.38. The number of ether oxygens (including phenoxy) is 1. The van der Waals surface area contributed by atoms with Gasteiger partial charge in [-0.1, -0.05) is 6.07 Å². The summed E-state index contributed by atoms with van der Waals surface area (Å²) in [7, 11) is 1.97. The summed E-state index contributed by atoms with van der Waals surface area (Å²) >= 11 is 1.74. The Morgan fingerprint density at radius 1 is 1.44 bits per heavy atom. The molecule has 0 spiro atoms. The number of nitrogens with zero attached hydrogens (tertiary/aromatic N) is 4. The first-order valence-corrected chi connectivity index (χ1v) is 9.64. The fourth-order valence-electron chi connectivity index (χ4n) is 3.44. The molecule has 2 bridgehead atoms. The topological polar surface area (TPSA) is 76.4 Å². The lowest BCUT2D eigenvalue weighted by molar-refractivity contribution is 0.0992. The van der Waals surface area contributed by atoms with Crippen molar-refractivity contribution >= 4 is 17.3 Å². The second-order valence-corrected chi connectivity index (χ2v) is 7.71. The van der Waals surface area contributed by atoms with Gasteiger partial charge in [0.1, 0.15) is 12.4 Å². The molecule has 3 atom stereocenters. The molecule has 0 aromatic carbocycles. The van der Waals surface area contributed by atoms with E-state index in [0.717, 1.165) is 37.0 Å². The Hall–Kier alpha value is -1.93. The van der Waals surface area contributed by atoms with Gasteiger partial charge < -0.3 is 19.9 Å². The van der Waals surface area contributed by atoms with Crippen LogP contribution in [0.1, 0.15) is 35.8 Å². The van der Waals surface area contributed by atoms with E-state index in [1.807, 2.05) is 18.5 Å². The first kappa shape index (κ1) is 16.5. The summed E-state index contributed by atoms with van der Waals surface area (Å²) in [5.74, 6) is 2.57. The van der Waals surface area contributed by atoms with E-state index in [-0.39, 0.29) is 0 Å². The highest BCUT2D eigenvalue weighted by Crippen LogP contribution is 2.34. The number of thiophene rings is 1. The molecule has 2 saturated heterocycles. The fraction of sp³-hybridized carbons (Fsp3) is 0.588. The van der Waals surface area contributed by atoms with Crippen molar-refractivity contribution < 1.29 is 4.74 Å². The summed E-state index contributed by atoms with van der Waals surface area (Å²) < 4.78 is 7.92. The summed E-state index contributed by atoms with van der Waals surface area (Å²) in [6.07, 6.45) is 4.13. The summed E-state index contributed by atoms with van der Waals surface area (Å²) in [5.41, 5.74) is 0. The quantitative estimate of drug-likeness (QED) is 0.627. The molecule has 0 aliphatic carbocycles. The van der Waals surface area contributed by atoms with Crippen LogP contribution in [0.2, 0.25) is 0 Å². The molecule has 3 unspecified atom stereocenters. The van der Waals surface area contributed by atoms with Gasteiger partial charge in [0.15, 0.2) is 11.8 Å². The van der Waals surface area contributed by atoms with Gasteiger partial charge in [0, 0.05) is 11.9 Å². The van der Waals surface area contributed by atoms with E-state index < -0.39 is 0 Å². The Morgan fingerprint density at radius 2 is 2.36 bits per heavy atom. The molecular formula is C17H24N6OS. The zero-order valence-corrected chi connectivity index (χ0v) is 15.4. The Balaban J connectivity index is 1.44. The van der Waals surface area contributed by atoms with Crippen LogP contribution in [-0.2, 0) is 24.9 Å². The lowest BCUT2D eigenvalue weighted by atomic mass is 9.96. The van der Waals surface area contributed by atoms with E-state index >= 15 is 0 Å². The largest absolute Gasteiger partial charge is 0.373 e. The molecule has 0 saturated carbocycles. The van der Waals surface area contributed by atoms with Crippen molar-refractivity contribution in [3.63, 3.8) is 0 Å². The van der Waals surface area contributed by atoms with Crippen LogP contribution in [0.25, 0.3) is 0 Å². The predicted octanol–water partition coefficient (Wildman–Crippen LogP) is 1.74. The van der Waals surface area contributed by atoms with E-state index in [4.69, 9.17) is 9.73 Å². The summed E-state index contributed by atoms with van der Waals surface area (Å²) in [4.78, 5) is 6.02. The Kier molecular flexibility index (Phi) is 4.72. The van der Waals surface area contributed by atoms with Crippen LogP contribution in [0.5, 0.6) is 0 Å². The van der Waals surface area contributed by atoms with Crippen molar-refractivity contribution in [1.82, 2.24) is 25.4 Å². The molecule has 2 aromatic heterocycles. The second-order valence-electron chi connectivity index (χ2n) is 6.68. The number of fused-ring (bicyclic) bond motifs is 2. The average molecular weight is 360 g/mol. The second kappa shape index (κ2) is 7.13. The normalized spacial score (nSPS) is 25.5. The third kappa shape index (κ3) is 3.69. The van der Waals surface area contributed by atoms with Crippen LogP contribution < -0.4 is 10.6 Å². The summed E-state index contributed by atoms with van der Waals surface area (Å²) in [6.45, 7) is 3.21. The van der Waals surface area contributed by atoms with E-state index in [2.05, 4.69) is 38.3 Å². The first-order chi connectivity index (χ1) is 12.2. The number of aliphatic imine (C=N–C) groups is 1. The van der Waals surface area contributed by atoms with Gasteiger partial charge in [-0.15, -0.1) is 21.5 Å². The van der Waals surface area contributed by atoms with Gasteiger partial charge in [-0.3, -0.25) is 0 Å². The highest BCUT2D eigenvalue weighted by Gasteiger charge is 2.41. The van der Waals surface area contributed by atoms with Crippen molar-refractivity contribution in [2.75, 3.05) is 0 Å². The Bertz CT molecular complexity index is 740. The molecule has 2 aliphatic rings. The number of hydrogen-bond acceptors (Lipinski definition) is 5. The zero-order chi connectivity index (χ0) is 17.2. The van der Waals surface area contributed by atoms with Crippen molar-refractivity contribution in [2.24, 2.45) is 12.0 Å². The molecule has 7 nitrogen and oxygen atoms in total. The lowest BCUT2D eigenvalue weighted by Gasteiger charge is -2.22. The number of rotatable bonds is 5. The van der Waals surface area contributed by atoms with Gasteiger partial charge in [-0.25, -0.2) is 4.99 Å². The molecule has 0 amide bonds. The number of guanidine groups is 1. The van der Waals surface area contributed by atoms with Crippen LogP contribution >= 0.6 is 11.3 Å². The Labute approximate surface area is 151 Å². The predicted molar refractivity (Wildman–Crippen MR) is 97.5 cm³/mol. The highest BCUT2D eigenvalue weighted by molar-refractivity contribution is 7.09. The highest BCUT2D eigenvalue weighted by atomic mass is 32.1. The maximum Gasteiger partial charge on any atom is 0.192 e. The van der Waals surface area contributed by atoms with Crippen LogP contribution in [0.3, 0.4) is 0 Å². The molecule has 134 valence electrons. The SMILES string of the molecule is Cc1nnc(CN=C(NCc2cccs2)NC2CC3CCC2O3)n1C. The van der Waals surface area contributed by atoms with Crippen molar-refractivity contribution in [3.8, 4) is 0 Å².